The molecule has 0 fully saturated rings. The van der Waals surface area contributed by atoms with Gasteiger partial charge in [-0.2, -0.15) is 5.26 Å². The van der Waals surface area contributed by atoms with Crippen molar-refractivity contribution in [3.05, 3.63) is 64.4 Å². The zero-order chi connectivity index (χ0) is 17.9. The molecule has 0 amide bonds. The fourth-order valence-electron chi connectivity index (χ4n) is 3.21. The van der Waals surface area contributed by atoms with Gasteiger partial charge in [0.15, 0.2) is 0 Å². The molecule has 26 heavy (non-hydrogen) atoms. The Bertz CT molecular complexity index is 946. The van der Waals surface area contributed by atoms with Crippen molar-refractivity contribution >= 4 is 23.1 Å². The Morgan fingerprint density at radius 1 is 1.35 bits per heavy atom. The van der Waals surface area contributed by atoms with Gasteiger partial charge < -0.3 is 4.90 Å². The van der Waals surface area contributed by atoms with Crippen LogP contribution >= 0.6 is 23.1 Å². The van der Waals surface area contributed by atoms with Crippen LogP contribution in [0.15, 0.2) is 47.1 Å². The molecule has 130 valence electrons. The molecule has 3 aromatic heterocycles. The number of nitriles is 1. The van der Waals surface area contributed by atoms with E-state index in [-0.39, 0.29) is 0 Å². The summed E-state index contributed by atoms with van der Waals surface area (Å²) in [5.74, 6) is 0.762. The number of nitrogens with zero attached hydrogens (tertiary/aromatic N) is 4. The number of hydrogen-bond donors (Lipinski definition) is 0. The number of aromatic nitrogens is 2. The van der Waals surface area contributed by atoms with Gasteiger partial charge in [0.1, 0.15) is 11.1 Å². The lowest BCUT2D eigenvalue weighted by atomic mass is 9.96. The summed E-state index contributed by atoms with van der Waals surface area (Å²) in [7, 11) is 2.12. The lowest BCUT2D eigenvalue weighted by Gasteiger charge is -2.27. The van der Waals surface area contributed by atoms with Crippen LogP contribution in [0.2, 0.25) is 0 Å². The van der Waals surface area contributed by atoms with E-state index in [1.165, 1.54) is 5.56 Å². The van der Waals surface area contributed by atoms with Crippen molar-refractivity contribution in [2.75, 3.05) is 13.6 Å². The van der Waals surface area contributed by atoms with E-state index >= 15 is 0 Å². The number of hydrogen-bond acceptors (Lipinski definition) is 6. The normalized spacial score (nSPS) is 14.0. The number of pyridine rings is 2. The maximum absolute atomic E-state index is 9.94. The molecule has 0 unspecified atom stereocenters. The van der Waals surface area contributed by atoms with E-state index in [0.717, 1.165) is 52.0 Å². The van der Waals surface area contributed by atoms with Crippen LogP contribution in [0.5, 0.6) is 0 Å². The van der Waals surface area contributed by atoms with Gasteiger partial charge in [-0.15, -0.1) is 23.1 Å². The monoisotopic (exact) mass is 378 g/mol. The van der Waals surface area contributed by atoms with Crippen molar-refractivity contribution in [1.29, 1.82) is 5.26 Å². The van der Waals surface area contributed by atoms with Crippen molar-refractivity contribution < 1.29 is 0 Å². The average molecular weight is 379 g/mol. The molecule has 4 rings (SSSR count). The molecule has 4 nitrogen and oxygen atoms in total. The zero-order valence-electron chi connectivity index (χ0n) is 14.5. The highest BCUT2D eigenvalue weighted by Gasteiger charge is 2.25. The quantitative estimate of drug-likeness (QED) is 0.632. The second kappa shape index (κ2) is 7.58. The molecule has 6 heteroatoms. The van der Waals surface area contributed by atoms with Crippen LogP contribution in [-0.4, -0.2) is 28.5 Å². The fourth-order valence-corrected chi connectivity index (χ4v) is 4.95. The van der Waals surface area contributed by atoms with Crippen LogP contribution < -0.4 is 0 Å². The lowest BCUT2D eigenvalue weighted by molar-refractivity contribution is 0.310. The molecule has 0 aromatic carbocycles. The highest BCUT2D eigenvalue weighted by atomic mass is 32.2. The molecule has 0 saturated heterocycles. The van der Waals surface area contributed by atoms with E-state index in [1.54, 1.807) is 29.3 Å². The van der Waals surface area contributed by atoms with Gasteiger partial charge in [0.2, 0.25) is 0 Å². The molecular formula is C20H18N4S2. The first-order valence-corrected chi connectivity index (χ1v) is 10.3. The van der Waals surface area contributed by atoms with Crippen LogP contribution in [-0.2, 0) is 18.7 Å². The molecule has 0 aliphatic carbocycles. The van der Waals surface area contributed by atoms with Gasteiger partial charge in [-0.05, 0) is 35.7 Å². The number of thiophene rings is 1. The Morgan fingerprint density at radius 3 is 3.00 bits per heavy atom. The largest absolute Gasteiger partial charge is 0.302 e. The lowest BCUT2D eigenvalue weighted by Crippen LogP contribution is -2.28. The highest BCUT2D eigenvalue weighted by Crippen LogP contribution is 2.39. The third-order valence-electron chi connectivity index (χ3n) is 4.49. The van der Waals surface area contributed by atoms with Crippen LogP contribution in [0.1, 0.15) is 22.4 Å². The van der Waals surface area contributed by atoms with Gasteiger partial charge in [-0.1, -0.05) is 12.1 Å². The molecule has 3 aromatic rings. The van der Waals surface area contributed by atoms with Gasteiger partial charge in [0.05, 0.1) is 5.56 Å². The first kappa shape index (κ1) is 17.2. The number of fused-ring (bicyclic) bond motifs is 1. The molecule has 4 heterocycles. The van der Waals surface area contributed by atoms with E-state index in [0.29, 0.717) is 5.56 Å². The third-order valence-corrected chi connectivity index (χ3v) is 6.42. The molecule has 0 N–H and O–H groups in total. The zero-order valence-corrected chi connectivity index (χ0v) is 16.1. The molecule has 0 saturated carbocycles. The maximum Gasteiger partial charge on any atom is 0.115 e. The summed E-state index contributed by atoms with van der Waals surface area (Å²) in [5, 5.41) is 12.8. The SMILES string of the molecule is CN1CCc2nc(SCc3cccnc3)c(C#N)c(-c3cccs3)c2C1. The topological polar surface area (TPSA) is 52.8 Å². The Kier molecular flexibility index (Phi) is 5.02. The molecule has 0 spiro atoms. The van der Waals surface area contributed by atoms with Crippen molar-refractivity contribution in [2.24, 2.45) is 0 Å². The minimum absolute atomic E-state index is 0.704. The van der Waals surface area contributed by atoms with Crippen LogP contribution in [0.3, 0.4) is 0 Å². The van der Waals surface area contributed by atoms with E-state index < -0.39 is 0 Å². The highest BCUT2D eigenvalue weighted by molar-refractivity contribution is 7.98. The summed E-state index contributed by atoms with van der Waals surface area (Å²) >= 11 is 3.31. The molecule has 0 atom stereocenters. The van der Waals surface area contributed by atoms with Gasteiger partial charge in [0, 0.05) is 53.8 Å². The molecule has 1 aliphatic rings. The Labute approximate surface area is 161 Å². The van der Waals surface area contributed by atoms with Crippen molar-refractivity contribution in [1.82, 2.24) is 14.9 Å². The molecule has 0 radical (unpaired) electrons. The molecule has 0 bridgehead atoms. The Morgan fingerprint density at radius 2 is 2.27 bits per heavy atom. The number of thioether (sulfide) groups is 1. The number of rotatable bonds is 4. The smallest absolute Gasteiger partial charge is 0.115 e. The molecular weight excluding hydrogens is 360 g/mol. The van der Waals surface area contributed by atoms with Gasteiger partial charge in [-0.25, -0.2) is 4.98 Å². The van der Waals surface area contributed by atoms with E-state index in [4.69, 9.17) is 4.98 Å². The van der Waals surface area contributed by atoms with Crippen molar-refractivity contribution in [3.63, 3.8) is 0 Å². The second-order valence-electron chi connectivity index (χ2n) is 6.32. The van der Waals surface area contributed by atoms with Gasteiger partial charge >= 0.3 is 0 Å². The molecule has 1 aliphatic heterocycles. The summed E-state index contributed by atoms with van der Waals surface area (Å²) in [6, 6.07) is 10.6. The standard InChI is InChI=1S/C20H18N4S2/c1-24-8-6-17-16(12-24)19(18-5-3-9-25-18)15(10-21)20(23-17)26-13-14-4-2-7-22-11-14/h2-5,7,9,11H,6,8,12-13H2,1H3. The van der Waals surface area contributed by atoms with Crippen molar-refractivity contribution in [3.8, 4) is 16.5 Å². The van der Waals surface area contributed by atoms with Crippen molar-refractivity contribution in [2.45, 2.75) is 23.7 Å². The maximum atomic E-state index is 9.94. The predicted octanol–water partition coefficient (Wildman–Crippen LogP) is 4.36. The summed E-state index contributed by atoms with van der Waals surface area (Å²) in [6.45, 7) is 1.85. The van der Waals surface area contributed by atoms with Crippen LogP contribution in [0.25, 0.3) is 10.4 Å². The van der Waals surface area contributed by atoms with E-state index in [2.05, 4.69) is 40.5 Å². The first-order chi connectivity index (χ1) is 12.8. The Hall–Kier alpha value is -2.20. The summed E-state index contributed by atoms with van der Waals surface area (Å²) in [4.78, 5) is 12.5. The fraction of sp³-hybridized carbons (Fsp3) is 0.250. The number of likely N-dealkylation sites (N-methyl/N-ethyl adjacent to an activating group) is 1. The second-order valence-corrected chi connectivity index (χ2v) is 8.23. The van der Waals surface area contributed by atoms with Gasteiger partial charge in [0.25, 0.3) is 0 Å². The summed E-state index contributed by atoms with van der Waals surface area (Å²) in [6.07, 6.45) is 4.57. The Balaban J connectivity index is 1.80. The summed E-state index contributed by atoms with van der Waals surface area (Å²) < 4.78 is 0. The minimum Gasteiger partial charge on any atom is -0.302 e. The predicted molar refractivity (Wildman–Crippen MR) is 106 cm³/mol. The van der Waals surface area contributed by atoms with Crippen LogP contribution in [0, 0.1) is 11.3 Å². The average Bonchev–Trinajstić information content (AvgIpc) is 3.20. The third kappa shape index (κ3) is 3.38. The van der Waals surface area contributed by atoms with E-state index in [9.17, 15) is 5.26 Å². The van der Waals surface area contributed by atoms with Crippen LogP contribution in [0.4, 0.5) is 0 Å². The van der Waals surface area contributed by atoms with Gasteiger partial charge in [-0.3, -0.25) is 4.98 Å². The summed E-state index contributed by atoms with van der Waals surface area (Å²) in [5.41, 5.74) is 5.27. The first-order valence-electron chi connectivity index (χ1n) is 8.46. The van der Waals surface area contributed by atoms with E-state index in [1.807, 2.05) is 18.3 Å². The minimum atomic E-state index is 0.704.